The molecule has 0 bridgehead atoms. The van der Waals surface area contributed by atoms with Gasteiger partial charge in [0.25, 0.3) is 0 Å². The van der Waals surface area contributed by atoms with Gasteiger partial charge in [-0.25, -0.2) is 15.0 Å². The van der Waals surface area contributed by atoms with E-state index in [4.69, 9.17) is 24.1 Å². The molecule has 0 amide bonds. The van der Waals surface area contributed by atoms with Gasteiger partial charge in [-0.2, -0.15) is 0 Å². The van der Waals surface area contributed by atoms with Crippen LogP contribution in [0, 0.1) is 0 Å². The van der Waals surface area contributed by atoms with Crippen molar-refractivity contribution in [3.63, 3.8) is 0 Å². The van der Waals surface area contributed by atoms with Crippen LogP contribution in [0.3, 0.4) is 0 Å². The number of hydrogen-bond donors (Lipinski definition) is 0. The zero-order chi connectivity index (χ0) is 31.6. The first-order chi connectivity index (χ1) is 23.8. The summed E-state index contributed by atoms with van der Waals surface area (Å²) in [6.45, 7) is 0. The van der Waals surface area contributed by atoms with Crippen molar-refractivity contribution in [1.29, 1.82) is 0 Å². The summed E-state index contributed by atoms with van der Waals surface area (Å²) in [7, 11) is 0. The van der Waals surface area contributed by atoms with Crippen LogP contribution >= 0.6 is 0 Å². The molecule has 228 valence electrons. The third kappa shape index (κ3) is 4.35. The first-order valence-corrected chi connectivity index (χ1v) is 16.5. The van der Waals surface area contributed by atoms with Crippen molar-refractivity contribution in [3.05, 3.63) is 157 Å². The summed E-state index contributed by atoms with van der Waals surface area (Å²) in [5.41, 5.74) is 7.08. The summed E-state index contributed by atoms with van der Waals surface area (Å²) in [5, 5.41) is 4.55. The van der Waals surface area contributed by atoms with Crippen molar-refractivity contribution in [2.75, 3.05) is 0 Å². The maximum atomic E-state index is 6.40. The van der Waals surface area contributed by atoms with E-state index in [2.05, 4.69) is 121 Å². The molecule has 1 aliphatic heterocycles. The Balaban J connectivity index is 1.15. The molecule has 2 aliphatic rings. The summed E-state index contributed by atoms with van der Waals surface area (Å²) >= 11 is 0. The number of nitrogens with zero attached hydrogens (tertiary/aromatic N) is 3. The predicted octanol–water partition coefficient (Wildman–Crippen LogP) is 10.5. The number of allylic oxidation sites excluding steroid dienone is 1. The fourth-order valence-corrected chi connectivity index (χ4v) is 7.62. The lowest BCUT2D eigenvalue weighted by Crippen LogP contribution is -2.27. The highest BCUT2D eigenvalue weighted by atomic mass is 16.5. The molecule has 0 spiro atoms. The normalized spacial score (nSPS) is 18.2. The molecule has 0 fully saturated rings. The van der Waals surface area contributed by atoms with E-state index in [-0.39, 0.29) is 17.9 Å². The number of ether oxygens (including phenoxy) is 1. The molecule has 2 aromatic heterocycles. The third-order valence-electron chi connectivity index (χ3n) is 9.87. The Kier molecular flexibility index (Phi) is 6.06. The highest BCUT2D eigenvalue weighted by Gasteiger charge is 2.42. The molecule has 0 N–H and O–H groups in total. The Morgan fingerprint density at radius 3 is 2.27 bits per heavy atom. The molecule has 3 heterocycles. The van der Waals surface area contributed by atoms with Gasteiger partial charge in [-0.3, -0.25) is 0 Å². The number of hydrogen-bond acceptors (Lipinski definition) is 5. The van der Waals surface area contributed by atoms with Crippen LogP contribution in [0.4, 0.5) is 0 Å². The average molecular weight is 620 g/mol. The maximum absolute atomic E-state index is 6.40. The fourth-order valence-electron chi connectivity index (χ4n) is 7.62. The third-order valence-corrected chi connectivity index (χ3v) is 9.87. The summed E-state index contributed by atoms with van der Waals surface area (Å²) in [6, 6.07) is 46.2. The van der Waals surface area contributed by atoms with E-state index < -0.39 is 0 Å². The monoisotopic (exact) mass is 619 g/mol. The number of furan rings is 1. The van der Waals surface area contributed by atoms with Gasteiger partial charge in [0.05, 0.1) is 0 Å². The van der Waals surface area contributed by atoms with Crippen LogP contribution in [0.15, 0.2) is 150 Å². The van der Waals surface area contributed by atoms with E-state index in [1.54, 1.807) is 0 Å². The first kappa shape index (κ1) is 27.1. The quantitative estimate of drug-likeness (QED) is 0.183. The van der Waals surface area contributed by atoms with Gasteiger partial charge >= 0.3 is 0 Å². The first-order valence-electron chi connectivity index (χ1n) is 16.5. The molecule has 48 heavy (non-hydrogen) atoms. The highest BCUT2D eigenvalue weighted by molar-refractivity contribution is 6.12. The average Bonchev–Trinajstić information content (AvgIpc) is 3.73. The van der Waals surface area contributed by atoms with Crippen LogP contribution < -0.4 is 4.74 Å². The maximum Gasteiger partial charge on any atom is 0.163 e. The Morgan fingerprint density at radius 1 is 0.583 bits per heavy atom. The molecule has 6 aromatic carbocycles. The number of benzene rings is 6. The lowest BCUT2D eigenvalue weighted by Gasteiger charge is -2.28. The fraction of sp³-hybridized carbons (Fsp3) is 0.0930. The van der Waals surface area contributed by atoms with E-state index in [1.807, 2.05) is 24.3 Å². The number of fused-ring (bicyclic) bond motifs is 7. The van der Waals surface area contributed by atoms with Gasteiger partial charge in [0, 0.05) is 39.3 Å². The molecular formula is C43H29N3O2. The molecule has 8 aromatic rings. The van der Waals surface area contributed by atoms with Gasteiger partial charge in [-0.1, -0.05) is 109 Å². The minimum absolute atomic E-state index is 0.0406. The molecule has 0 radical (unpaired) electrons. The minimum atomic E-state index is -0.0425. The second kappa shape index (κ2) is 10.7. The van der Waals surface area contributed by atoms with E-state index in [0.29, 0.717) is 11.6 Å². The second-order valence-electron chi connectivity index (χ2n) is 12.7. The van der Waals surface area contributed by atoms with Gasteiger partial charge in [-0.15, -0.1) is 0 Å². The van der Waals surface area contributed by atoms with Crippen molar-refractivity contribution in [3.8, 4) is 39.7 Å². The zero-order valence-corrected chi connectivity index (χ0v) is 26.0. The van der Waals surface area contributed by atoms with Crippen molar-refractivity contribution in [1.82, 2.24) is 15.0 Å². The van der Waals surface area contributed by atoms with E-state index in [1.165, 1.54) is 10.9 Å². The van der Waals surface area contributed by atoms with E-state index in [0.717, 1.165) is 67.6 Å². The van der Waals surface area contributed by atoms with Crippen LogP contribution in [0.5, 0.6) is 5.75 Å². The van der Waals surface area contributed by atoms with Crippen LogP contribution in [-0.4, -0.2) is 21.1 Å². The predicted molar refractivity (Wildman–Crippen MR) is 191 cm³/mol. The Hall–Kier alpha value is -6.07. The van der Waals surface area contributed by atoms with Gasteiger partial charge in [0.15, 0.2) is 11.6 Å². The number of aromatic nitrogens is 3. The Bertz CT molecular complexity index is 2570. The zero-order valence-electron chi connectivity index (χ0n) is 26.0. The topological polar surface area (TPSA) is 61.0 Å². The molecule has 0 saturated heterocycles. The molecule has 5 nitrogen and oxygen atoms in total. The largest absolute Gasteiger partial charge is 0.485 e. The lowest BCUT2D eigenvalue weighted by atomic mass is 9.77. The summed E-state index contributed by atoms with van der Waals surface area (Å²) in [6.07, 6.45) is 5.19. The molecule has 0 saturated carbocycles. The van der Waals surface area contributed by atoms with Crippen LogP contribution in [-0.2, 0) is 0 Å². The van der Waals surface area contributed by atoms with Gasteiger partial charge in [0.1, 0.15) is 28.8 Å². The molecule has 1 aliphatic carbocycles. The van der Waals surface area contributed by atoms with E-state index >= 15 is 0 Å². The second-order valence-corrected chi connectivity index (χ2v) is 12.7. The molecular weight excluding hydrogens is 590 g/mol. The van der Waals surface area contributed by atoms with Crippen molar-refractivity contribution in [2.45, 2.75) is 24.4 Å². The lowest BCUT2D eigenvalue weighted by molar-refractivity contribution is 0.230. The van der Waals surface area contributed by atoms with Crippen LogP contribution in [0.1, 0.15) is 29.6 Å². The van der Waals surface area contributed by atoms with Crippen molar-refractivity contribution >= 4 is 32.7 Å². The van der Waals surface area contributed by atoms with Gasteiger partial charge < -0.3 is 9.15 Å². The van der Waals surface area contributed by atoms with Gasteiger partial charge in [0.2, 0.25) is 0 Å². The standard InChI is InChI=1S/C43H29N3O2/c1-2-11-27-24-30(23-22-26(27)10-1)42-44-41(45-43(46-42)34-17-9-21-38-40(34)33-15-4-6-19-36(33)48-38)29-13-7-12-28(25-29)31-16-8-20-37-39(31)32-14-3-5-18-35(32)47-37/h1-16,18-25,34,38,40H,17H2. The Labute approximate surface area is 277 Å². The summed E-state index contributed by atoms with van der Waals surface area (Å²) in [4.78, 5) is 15.6. The van der Waals surface area contributed by atoms with Crippen molar-refractivity contribution < 1.29 is 9.15 Å². The van der Waals surface area contributed by atoms with Gasteiger partial charge in [-0.05, 0) is 64.7 Å². The SMILES string of the molecule is C1=CC2Oc3ccccc3C2C(c2nc(-c3cccc(-c4cccc5oc6ccccc6c45)c3)nc(-c3ccc4ccccc4c3)n2)C1. The summed E-state index contributed by atoms with van der Waals surface area (Å²) in [5.74, 6) is 3.24. The van der Waals surface area contributed by atoms with E-state index in [9.17, 15) is 0 Å². The summed E-state index contributed by atoms with van der Waals surface area (Å²) < 4.78 is 12.6. The molecule has 3 atom stereocenters. The molecule has 5 heteroatoms. The van der Waals surface area contributed by atoms with Crippen LogP contribution in [0.25, 0.3) is 66.6 Å². The molecule has 10 rings (SSSR count). The van der Waals surface area contributed by atoms with Crippen LogP contribution in [0.2, 0.25) is 0 Å². The minimum Gasteiger partial charge on any atom is -0.485 e. The highest BCUT2D eigenvalue weighted by Crippen LogP contribution is 2.49. The number of para-hydroxylation sites is 2. The number of rotatable bonds is 4. The van der Waals surface area contributed by atoms with Crippen molar-refractivity contribution in [2.24, 2.45) is 0 Å². The molecule has 3 unspecified atom stereocenters. The smallest absolute Gasteiger partial charge is 0.163 e. The Morgan fingerprint density at radius 2 is 1.33 bits per heavy atom.